The molecule has 0 amide bonds. The molecule has 0 N–H and O–H groups in total. The van der Waals surface area contributed by atoms with Crippen molar-refractivity contribution in [2.75, 3.05) is 0 Å². The van der Waals surface area contributed by atoms with Crippen molar-refractivity contribution < 1.29 is 8.78 Å². The molecule has 2 heterocycles. The smallest absolute Gasteiger partial charge is 0.290 e. The van der Waals surface area contributed by atoms with Gasteiger partial charge in [-0.05, 0) is 18.2 Å². The van der Waals surface area contributed by atoms with E-state index >= 15 is 0 Å². The molecule has 3 aromatic rings. The molecule has 1 aromatic carbocycles. The van der Waals surface area contributed by atoms with E-state index < -0.39 is 11.3 Å². The van der Waals surface area contributed by atoms with Gasteiger partial charge in [-0.1, -0.05) is 25.1 Å². The lowest BCUT2D eigenvalue weighted by Crippen LogP contribution is -2.27. The molecule has 5 nitrogen and oxygen atoms in total. The average molecular weight is 354 g/mol. The molecule has 2 aromatic heterocycles. The summed E-state index contributed by atoms with van der Waals surface area (Å²) in [5.74, 6) is -2.74. The molecule has 0 spiro atoms. The van der Waals surface area contributed by atoms with Gasteiger partial charge in [-0.25, -0.2) is 18.6 Å². The van der Waals surface area contributed by atoms with Gasteiger partial charge in [0, 0.05) is 25.6 Å². The van der Waals surface area contributed by atoms with Crippen molar-refractivity contribution in [3.8, 4) is 17.3 Å². The fraction of sp³-hybridized carbons (Fsp3) is 0.316. The number of aryl methyl sites for hydroxylation is 1. The van der Waals surface area contributed by atoms with Crippen LogP contribution in [0.5, 0.6) is 0 Å². The highest BCUT2D eigenvalue weighted by Crippen LogP contribution is 2.61. The second kappa shape index (κ2) is 5.24. The van der Waals surface area contributed by atoms with Gasteiger partial charge in [0.05, 0.1) is 28.3 Å². The van der Waals surface area contributed by atoms with Crippen molar-refractivity contribution in [3.63, 3.8) is 0 Å². The predicted octanol–water partition coefficient (Wildman–Crippen LogP) is 3.32. The van der Waals surface area contributed by atoms with Crippen molar-refractivity contribution in [2.45, 2.75) is 25.8 Å². The highest BCUT2D eigenvalue weighted by molar-refractivity contribution is 5.78. The molecule has 132 valence electrons. The van der Waals surface area contributed by atoms with Gasteiger partial charge >= 0.3 is 5.69 Å². The highest BCUT2D eigenvalue weighted by atomic mass is 19.3. The zero-order chi connectivity index (χ0) is 18.7. The fourth-order valence-electron chi connectivity index (χ4n) is 3.35. The maximum atomic E-state index is 13.6. The van der Waals surface area contributed by atoms with Crippen LogP contribution < -0.4 is 5.69 Å². The molecule has 0 aliphatic heterocycles. The van der Waals surface area contributed by atoms with Crippen molar-refractivity contribution >= 4 is 11.2 Å². The topological polar surface area (TPSA) is 63.6 Å². The number of aromatic nitrogens is 3. The molecule has 1 aliphatic rings. The number of alkyl halides is 2. The monoisotopic (exact) mass is 354 g/mol. The Bertz CT molecular complexity index is 1140. The first kappa shape index (κ1) is 16.5. The van der Waals surface area contributed by atoms with Gasteiger partial charge in [-0.3, -0.25) is 9.13 Å². The van der Waals surface area contributed by atoms with Gasteiger partial charge in [0.25, 0.3) is 5.92 Å². The lowest BCUT2D eigenvalue weighted by Gasteiger charge is -2.11. The second-order valence-electron chi connectivity index (χ2n) is 7.07. The minimum Gasteiger partial charge on any atom is -0.290 e. The maximum absolute atomic E-state index is 13.6. The molecular weight excluding hydrogens is 338 g/mol. The van der Waals surface area contributed by atoms with Crippen molar-refractivity contribution in [1.82, 2.24) is 14.1 Å². The van der Waals surface area contributed by atoms with Gasteiger partial charge < -0.3 is 0 Å². The number of hydrogen-bond donors (Lipinski definition) is 0. The number of nitriles is 1. The summed E-state index contributed by atoms with van der Waals surface area (Å²) < 4.78 is 29.9. The third kappa shape index (κ3) is 2.25. The summed E-state index contributed by atoms with van der Waals surface area (Å²) in [7, 11) is 1.57. The molecule has 1 fully saturated rings. The molecule has 26 heavy (non-hydrogen) atoms. The van der Waals surface area contributed by atoms with Crippen molar-refractivity contribution in [1.29, 1.82) is 5.26 Å². The van der Waals surface area contributed by atoms with E-state index in [2.05, 4.69) is 11.1 Å². The van der Waals surface area contributed by atoms with Gasteiger partial charge in [-0.15, -0.1) is 0 Å². The summed E-state index contributed by atoms with van der Waals surface area (Å²) in [5.41, 5.74) is 1.06. The van der Waals surface area contributed by atoms with E-state index in [4.69, 9.17) is 0 Å². The molecular formula is C19H16F2N4O. The lowest BCUT2D eigenvalue weighted by atomic mass is 10.0. The maximum Gasteiger partial charge on any atom is 0.330 e. The SMILES string of the molecule is Cn1c(=O)n(CC2(C)CC2(F)F)c2ccc(-c3ccccc3C#N)nc21. The third-order valence-electron chi connectivity index (χ3n) is 5.18. The fourth-order valence-corrected chi connectivity index (χ4v) is 3.35. The van der Waals surface area contributed by atoms with Crippen LogP contribution in [0.3, 0.4) is 0 Å². The summed E-state index contributed by atoms with van der Waals surface area (Å²) in [5, 5.41) is 9.27. The van der Waals surface area contributed by atoms with Crippen LogP contribution in [-0.2, 0) is 13.6 Å². The van der Waals surface area contributed by atoms with Crippen molar-refractivity contribution in [2.24, 2.45) is 12.5 Å². The minimum atomic E-state index is -2.74. The van der Waals surface area contributed by atoms with E-state index in [1.165, 1.54) is 16.1 Å². The Morgan fingerprint density at radius 2 is 1.96 bits per heavy atom. The van der Waals surface area contributed by atoms with E-state index in [1.54, 1.807) is 37.4 Å². The number of nitrogens with zero attached hydrogens (tertiary/aromatic N) is 4. The van der Waals surface area contributed by atoms with Crippen LogP contribution in [0.1, 0.15) is 18.9 Å². The van der Waals surface area contributed by atoms with Gasteiger partial charge in [0.2, 0.25) is 0 Å². The van der Waals surface area contributed by atoms with E-state index in [0.29, 0.717) is 28.0 Å². The minimum absolute atomic E-state index is 0.0496. The highest BCUT2D eigenvalue weighted by Gasteiger charge is 2.68. The predicted molar refractivity (Wildman–Crippen MR) is 92.8 cm³/mol. The number of pyridine rings is 1. The van der Waals surface area contributed by atoms with Crippen LogP contribution in [-0.4, -0.2) is 20.0 Å². The Hall–Kier alpha value is -3.01. The number of benzene rings is 1. The van der Waals surface area contributed by atoms with Crippen molar-refractivity contribution in [3.05, 3.63) is 52.4 Å². The Kier molecular flexibility index (Phi) is 3.32. The molecule has 0 saturated heterocycles. The van der Waals surface area contributed by atoms with Gasteiger partial charge in [0.1, 0.15) is 0 Å². The summed E-state index contributed by atoms with van der Waals surface area (Å²) in [6, 6.07) is 12.6. The summed E-state index contributed by atoms with van der Waals surface area (Å²) in [6.07, 6.45) is -0.218. The van der Waals surface area contributed by atoms with E-state index in [9.17, 15) is 18.8 Å². The first-order valence-corrected chi connectivity index (χ1v) is 8.21. The number of halogens is 2. The normalized spacial score (nSPS) is 20.9. The van der Waals surface area contributed by atoms with Crippen LogP contribution in [0.25, 0.3) is 22.4 Å². The zero-order valence-electron chi connectivity index (χ0n) is 14.3. The molecule has 0 radical (unpaired) electrons. The van der Waals surface area contributed by atoms with Crippen LogP contribution in [0, 0.1) is 16.7 Å². The first-order chi connectivity index (χ1) is 12.3. The molecule has 7 heteroatoms. The number of fused-ring (bicyclic) bond motifs is 1. The summed E-state index contributed by atoms with van der Waals surface area (Å²) in [6.45, 7) is 1.44. The molecule has 1 aliphatic carbocycles. The Morgan fingerprint density at radius 1 is 1.27 bits per heavy atom. The van der Waals surface area contributed by atoms with Gasteiger partial charge in [0.15, 0.2) is 5.65 Å². The molecule has 4 rings (SSSR count). The Labute approximate surface area is 148 Å². The molecule has 0 bridgehead atoms. The summed E-state index contributed by atoms with van der Waals surface area (Å²) in [4.78, 5) is 17.1. The van der Waals surface area contributed by atoms with Crippen LogP contribution in [0.15, 0.2) is 41.2 Å². The molecule has 1 atom stereocenters. The quantitative estimate of drug-likeness (QED) is 0.725. The molecule has 1 unspecified atom stereocenters. The average Bonchev–Trinajstić information content (AvgIpc) is 3.05. The van der Waals surface area contributed by atoms with E-state index in [1.807, 2.05) is 6.07 Å². The standard InChI is InChI=1S/C19H16F2N4O/c1-18(10-19(18,20)21)11-25-15-8-7-14(23-16(15)24(2)17(25)26)13-6-4-3-5-12(13)9-22/h3-8H,10-11H2,1-2H3. The summed E-state index contributed by atoms with van der Waals surface area (Å²) >= 11 is 0. The number of imidazole rings is 1. The number of rotatable bonds is 3. The molecule has 1 saturated carbocycles. The lowest BCUT2D eigenvalue weighted by molar-refractivity contribution is 0.0637. The third-order valence-corrected chi connectivity index (χ3v) is 5.18. The van der Waals surface area contributed by atoms with Crippen LogP contribution in [0.4, 0.5) is 8.78 Å². The Balaban J connectivity index is 1.85. The van der Waals surface area contributed by atoms with E-state index in [0.717, 1.165) is 0 Å². The Morgan fingerprint density at radius 3 is 2.62 bits per heavy atom. The largest absolute Gasteiger partial charge is 0.330 e. The second-order valence-corrected chi connectivity index (χ2v) is 7.07. The van der Waals surface area contributed by atoms with Crippen LogP contribution in [0.2, 0.25) is 0 Å². The first-order valence-electron chi connectivity index (χ1n) is 8.21. The van der Waals surface area contributed by atoms with E-state index in [-0.39, 0.29) is 18.7 Å². The zero-order valence-corrected chi connectivity index (χ0v) is 14.3. The number of hydrogen-bond acceptors (Lipinski definition) is 3. The van der Waals surface area contributed by atoms with Crippen LogP contribution >= 0.6 is 0 Å². The van der Waals surface area contributed by atoms with Gasteiger partial charge in [-0.2, -0.15) is 5.26 Å².